The van der Waals surface area contributed by atoms with Gasteiger partial charge in [-0.05, 0) is 0 Å². The summed E-state index contributed by atoms with van der Waals surface area (Å²) in [5, 5.41) is 0. The maximum Gasteiger partial charge on any atom is 0.419 e. The monoisotopic (exact) mass is 255 g/mol. The predicted octanol–water partition coefficient (Wildman–Crippen LogP) is 2.86. The number of alkyl halides is 5. The molecule has 1 aromatic rings. The Kier molecular flexibility index (Phi) is 3.64. The number of rotatable bonds is 3. The number of hydrogen-bond acceptors (Lipinski definition) is 3. The summed E-state index contributed by atoms with van der Waals surface area (Å²) in [4.78, 5) is 13.5. The number of halogens is 5. The molecule has 1 rings (SSSR count). The van der Waals surface area contributed by atoms with Crippen molar-refractivity contribution in [2.45, 2.75) is 12.6 Å². The van der Waals surface area contributed by atoms with Gasteiger partial charge in [-0.1, -0.05) is 0 Å². The van der Waals surface area contributed by atoms with Gasteiger partial charge in [0.25, 0.3) is 6.43 Å². The van der Waals surface area contributed by atoms with E-state index in [9.17, 15) is 26.7 Å². The van der Waals surface area contributed by atoms with Crippen LogP contribution in [0.25, 0.3) is 0 Å². The van der Waals surface area contributed by atoms with E-state index in [1.807, 2.05) is 0 Å². The van der Waals surface area contributed by atoms with E-state index in [2.05, 4.69) is 9.72 Å². The summed E-state index contributed by atoms with van der Waals surface area (Å²) in [5.41, 5.74) is -4.23. The first-order chi connectivity index (χ1) is 7.82. The second kappa shape index (κ2) is 4.64. The summed E-state index contributed by atoms with van der Waals surface area (Å²) in [6.45, 7) is 0. The van der Waals surface area contributed by atoms with Crippen LogP contribution in [0.15, 0.2) is 6.20 Å². The van der Waals surface area contributed by atoms with Crippen LogP contribution in [0.1, 0.15) is 28.0 Å². The first kappa shape index (κ1) is 13.3. The number of hydrogen-bond donors (Lipinski definition) is 0. The first-order valence-corrected chi connectivity index (χ1v) is 4.20. The van der Waals surface area contributed by atoms with Gasteiger partial charge in [0.2, 0.25) is 0 Å². The van der Waals surface area contributed by atoms with Gasteiger partial charge in [0.15, 0.2) is 6.29 Å². The Balaban J connectivity index is 3.65. The average Bonchev–Trinajstić information content (AvgIpc) is 2.25. The van der Waals surface area contributed by atoms with Crippen molar-refractivity contribution in [2.75, 3.05) is 7.11 Å². The predicted molar refractivity (Wildman–Crippen MR) is 46.1 cm³/mol. The van der Waals surface area contributed by atoms with Gasteiger partial charge < -0.3 is 4.74 Å². The zero-order valence-corrected chi connectivity index (χ0v) is 8.39. The number of carbonyl (C=O) groups excluding carboxylic acids is 1. The Morgan fingerprint density at radius 3 is 2.35 bits per heavy atom. The summed E-state index contributed by atoms with van der Waals surface area (Å²) in [7, 11) is 0.934. The number of ether oxygens (including phenoxy) is 1. The second-order valence-electron chi connectivity index (χ2n) is 2.92. The molecule has 0 atom stereocenters. The standard InChI is InChI=1S/C9H6F5NO2/c1-17-5-2-15-4(3-16)7(9(12,13)14)6(5)8(10)11/h2-3,8H,1H3. The number of pyridine rings is 1. The van der Waals surface area contributed by atoms with Gasteiger partial charge in [-0.15, -0.1) is 0 Å². The van der Waals surface area contributed by atoms with Crippen LogP contribution in [0, 0.1) is 0 Å². The molecule has 0 N–H and O–H groups in total. The second-order valence-corrected chi connectivity index (χ2v) is 2.92. The van der Waals surface area contributed by atoms with E-state index in [1.54, 1.807) is 0 Å². The lowest BCUT2D eigenvalue weighted by atomic mass is 10.1. The van der Waals surface area contributed by atoms with Crippen LogP contribution in [-0.4, -0.2) is 18.4 Å². The SMILES string of the molecule is COc1cnc(C=O)c(C(F)(F)F)c1C(F)F. The average molecular weight is 255 g/mol. The van der Waals surface area contributed by atoms with Crippen LogP contribution < -0.4 is 4.74 Å². The highest BCUT2D eigenvalue weighted by atomic mass is 19.4. The maximum atomic E-state index is 12.6. The van der Waals surface area contributed by atoms with Crippen molar-refractivity contribution < 1.29 is 31.5 Å². The third kappa shape index (κ3) is 2.51. The van der Waals surface area contributed by atoms with Crippen LogP contribution in [0.3, 0.4) is 0 Å². The van der Waals surface area contributed by atoms with Crippen LogP contribution in [0.4, 0.5) is 22.0 Å². The normalized spacial score (nSPS) is 11.7. The van der Waals surface area contributed by atoms with Crippen molar-refractivity contribution in [3.05, 3.63) is 23.0 Å². The lowest BCUT2D eigenvalue weighted by Gasteiger charge is -2.16. The largest absolute Gasteiger partial charge is 0.495 e. The van der Waals surface area contributed by atoms with Crippen LogP contribution >= 0.6 is 0 Å². The highest BCUT2D eigenvalue weighted by Gasteiger charge is 2.41. The molecule has 0 fully saturated rings. The van der Waals surface area contributed by atoms with E-state index in [0.717, 1.165) is 7.11 Å². The molecule has 94 valence electrons. The van der Waals surface area contributed by atoms with Crippen molar-refractivity contribution >= 4 is 6.29 Å². The molecule has 0 amide bonds. The molecule has 3 nitrogen and oxygen atoms in total. The lowest BCUT2D eigenvalue weighted by Crippen LogP contribution is -2.15. The zero-order valence-electron chi connectivity index (χ0n) is 8.39. The topological polar surface area (TPSA) is 39.2 Å². The van der Waals surface area contributed by atoms with Crippen molar-refractivity contribution in [3.8, 4) is 5.75 Å². The molecule has 0 spiro atoms. The van der Waals surface area contributed by atoms with Crippen LogP contribution in [-0.2, 0) is 6.18 Å². The van der Waals surface area contributed by atoms with Gasteiger partial charge in [-0.2, -0.15) is 13.2 Å². The summed E-state index contributed by atoms with van der Waals surface area (Å²) in [5.74, 6) is -0.710. The molecule has 0 radical (unpaired) electrons. The molecular formula is C9H6F5NO2. The van der Waals surface area contributed by atoms with Crippen molar-refractivity contribution in [2.24, 2.45) is 0 Å². The smallest absolute Gasteiger partial charge is 0.419 e. The molecule has 0 aliphatic heterocycles. The zero-order chi connectivity index (χ0) is 13.2. The quantitative estimate of drug-likeness (QED) is 0.615. The van der Waals surface area contributed by atoms with Gasteiger partial charge in [-0.3, -0.25) is 4.79 Å². The van der Waals surface area contributed by atoms with Gasteiger partial charge in [-0.25, -0.2) is 13.8 Å². The number of aldehydes is 1. The molecule has 0 aliphatic carbocycles. The number of methoxy groups -OCH3 is 1. The Labute approximate surface area is 92.2 Å². The minimum absolute atomic E-state index is 0.228. The third-order valence-corrected chi connectivity index (χ3v) is 1.95. The van der Waals surface area contributed by atoms with E-state index in [4.69, 9.17) is 0 Å². The van der Waals surface area contributed by atoms with Crippen LogP contribution in [0.5, 0.6) is 5.75 Å². The summed E-state index contributed by atoms with van der Waals surface area (Å²) in [6.07, 6.45) is -8.11. The summed E-state index contributed by atoms with van der Waals surface area (Å²) in [6, 6.07) is 0. The Morgan fingerprint density at radius 2 is 2.00 bits per heavy atom. The lowest BCUT2D eigenvalue weighted by molar-refractivity contribution is -0.140. The minimum Gasteiger partial charge on any atom is -0.495 e. The number of nitrogens with zero attached hydrogens (tertiary/aromatic N) is 1. The fourth-order valence-electron chi connectivity index (χ4n) is 1.29. The van der Waals surface area contributed by atoms with Crippen molar-refractivity contribution in [1.82, 2.24) is 4.98 Å². The Hall–Kier alpha value is -1.73. The van der Waals surface area contributed by atoms with Crippen molar-refractivity contribution in [3.63, 3.8) is 0 Å². The molecule has 0 unspecified atom stereocenters. The van der Waals surface area contributed by atoms with Crippen molar-refractivity contribution in [1.29, 1.82) is 0 Å². The third-order valence-electron chi connectivity index (χ3n) is 1.95. The summed E-state index contributed by atoms with van der Waals surface area (Å²) < 4.78 is 67.3. The van der Waals surface area contributed by atoms with Gasteiger partial charge >= 0.3 is 6.18 Å². The molecule has 8 heteroatoms. The van der Waals surface area contributed by atoms with Gasteiger partial charge in [0.05, 0.1) is 24.4 Å². The molecule has 0 aliphatic rings. The molecular weight excluding hydrogens is 249 g/mol. The highest BCUT2D eigenvalue weighted by Crippen LogP contribution is 2.41. The molecule has 1 heterocycles. The maximum absolute atomic E-state index is 12.6. The fraction of sp³-hybridized carbons (Fsp3) is 0.333. The van der Waals surface area contributed by atoms with Gasteiger partial charge in [0, 0.05) is 0 Å². The van der Waals surface area contributed by atoms with Gasteiger partial charge in [0.1, 0.15) is 11.4 Å². The first-order valence-electron chi connectivity index (χ1n) is 4.20. The van der Waals surface area contributed by atoms with Crippen LogP contribution in [0.2, 0.25) is 0 Å². The Morgan fingerprint density at radius 1 is 1.41 bits per heavy atom. The molecule has 17 heavy (non-hydrogen) atoms. The Bertz CT molecular complexity index is 430. The molecule has 1 aromatic heterocycles. The van der Waals surface area contributed by atoms with E-state index >= 15 is 0 Å². The molecule has 0 aromatic carbocycles. The summed E-state index contributed by atoms with van der Waals surface area (Å²) >= 11 is 0. The number of carbonyl (C=O) groups is 1. The molecule has 0 saturated heterocycles. The van der Waals surface area contributed by atoms with E-state index in [1.165, 1.54) is 0 Å². The number of aromatic nitrogens is 1. The van der Waals surface area contributed by atoms with E-state index in [-0.39, 0.29) is 6.29 Å². The molecule has 0 bridgehead atoms. The minimum atomic E-state index is -5.11. The highest BCUT2D eigenvalue weighted by molar-refractivity contribution is 5.76. The van der Waals surface area contributed by atoms with E-state index < -0.39 is 35.2 Å². The fourth-order valence-corrected chi connectivity index (χ4v) is 1.29. The molecule has 0 saturated carbocycles. The van der Waals surface area contributed by atoms with E-state index in [0.29, 0.717) is 6.20 Å².